The number of carbonyl (C=O) groups is 2. The number of H-pyrrole nitrogens is 1. The number of carbonyl (C=O) groups excluding carboxylic acids is 2. The van der Waals surface area contributed by atoms with Crippen molar-refractivity contribution in [3.63, 3.8) is 0 Å². The van der Waals surface area contributed by atoms with Crippen molar-refractivity contribution in [1.29, 1.82) is 0 Å². The maximum absolute atomic E-state index is 12.5. The van der Waals surface area contributed by atoms with Crippen LogP contribution in [-0.2, 0) is 22.6 Å². The molecule has 3 rings (SSSR count). The van der Waals surface area contributed by atoms with Crippen molar-refractivity contribution in [2.75, 3.05) is 13.6 Å². The monoisotopic (exact) mass is 341 g/mol. The summed E-state index contributed by atoms with van der Waals surface area (Å²) in [7, 11) is 1.76. The molecule has 2 amide bonds. The number of likely N-dealkylation sites (tertiary alicyclic amines) is 1. The van der Waals surface area contributed by atoms with Crippen molar-refractivity contribution in [2.24, 2.45) is 5.92 Å². The molecular weight excluding hydrogens is 314 g/mol. The second-order valence-corrected chi connectivity index (χ2v) is 7.16. The van der Waals surface area contributed by atoms with Gasteiger partial charge in [-0.1, -0.05) is 18.6 Å². The Kier molecular flexibility index (Phi) is 4.84. The fourth-order valence-electron chi connectivity index (χ4n) is 3.76. The number of hydrogen-bond donors (Lipinski definition) is 2. The van der Waals surface area contributed by atoms with Crippen LogP contribution in [0, 0.1) is 19.8 Å². The average Bonchev–Trinajstić information content (AvgIpc) is 2.91. The summed E-state index contributed by atoms with van der Waals surface area (Å²) < 4.78 is 0. The van der Waals surface area contributed by atoms with Gasteiger partial charge in [-0.2, -0.15) is 0 Å². The Morgan fingerprint density at radius 1 is 1.36 bits per heavy atom. The SMILES string of the molecule is CCc1[nH]c2c(CNC(=O)[C@@H]3CCC(=O)N(C)C3)cc(C)cc2c1C. The quantitative estimate of drug-likeness (QED) is 0.898. The molecule has 1 aromatic heterocycles. The van der Waals surface area contributed by atoms with Gasteiger partial charge in [0.2, 0.25) is 11.8 Å². The van der Waals surface area contributed by atoms with E-state index in [-0.39, 0.29) is 17.7 Å². The van der Waals surface area contributed by atoms with Crippen LogP contribution in [0.3, 0.4) is 0 Å². The zero-order valence-electron chi connectivity index (χ0n) is 15.5. The minimum Gasteiger partial charge on any atom is -0.358 e. The van der Waals surface area contributed by atoms with Gasteiger partial charge in [0.1, 0.15) is 0 Å². The molecule has 1 aliphatic rings. The van der Waals surface area contributed by atoms with Crippen molar-refractivity contribution in [1.82, 2.24) is 15.2 Å². The molecule has 2 heterocycles. The number of fused-ring (bicyclic) bond motifs is 1. The first-order valence-corrected chi connectivity index (χ1v) is 9.03. The number of benzene rings is 1. The van der Waals surface area contributed by atoms with Gasteiger partial charge in [-0.15, -0.1) is 0 Å². The van der Waals surface area contributed by atoms with E-state index in [9.17, 15) is 9.59 Å². The van der Waals surface area contributed by atoms with E-state index in [2.05, 4.69) is 43.2 Å². The van der Waals surface area contributed by atoms with Crippen LogP contribution in [-0.4, -0.2) is 35.3 Å². The molecule has 1 aliphatic heterocycles. The standard InChI is InChI=1S/C20H27N3O2/c1-5-17-13(3)16-9-12(2)8-15(19(16)22-17)10-21-20(25)14-6-7-18(24)23(4)11-14/h8-9,14,22H,5-7,10-11H2,1-4H3,(H,21,25)/t14-/m1/s1. The smallest absolute Gasteiger partial charge is 0.225 e. The normalized spacial score (nSPS) is 18.0. The topological polar surface area (TPSA) is 65.2 Å². The minimum atomic E-state index is -0.111. The molecule has 0 spiro atoms. The lowest BCUT2D eigenvalue weighted by Gasteiger charge is -2.28. The summed E-state index contributed by atoms with van der Waals surface area (Å²) >= 11 is 0. The Bertz CT molecular complexity index is 822. The fourth-order valence-corrected chi connectivity index (χ4v) is 3.76. The zero-order chi connectivity index (χ0) is 18.1. The summed E-state index contributed by atoms with van der Waals surface area (Å²) in [6.45, 7) is 7.40. The van der Waals surface area contributed by atoms with Crippen molar-refractivity contribution in [3.05, 3.63) is 34.5 Å². The van der Waals surface area contributed by atoms with Crippen LogP contribution in [0.1, 0.15) is 42.1 Å². The third kappa shape index (κ3) is 3.41. The van der Waals surface area contributed by atoms with Gasteiger partial charge >= 0.3 is 0 Å². The number of hydrogen-bond acceptors (Lipinski definition) is 2. The average molecular weight is 341 g/mol. The number of piperidine rings is 1. The van der Waals surface area contributed by atoms with E-state index >= 15 is 0 Å². The van der Waals surface area contributed by atoms with Crippen LogP contribution in [0.4, 0.5) is 0 Å². The summed E-state index contributed by atoms with van der Waals surface area (Å²) in [5.41, 5.74) is 5.98. The van der Waals surface area contributed by atoms with E-state index in [1.54, 1.807) is 11.9 Å². The third-order valence-electron chi connectivity index (χ3n) is 5.30. The van der Waals surface area contributed by atoms with Crippen molar-refractivity contribution >= 4 is 22.7 Å². The van der Waals surface area contributed by atoms with E-state index in [1.807, 2.05) is 0 Å². The van der Waals surface area contributed by atoms with Gasteiger partial charge in [0.15, 0.2) is 0 Å². The van der Waals surface area contributed by atoms with Crippen LogP contribution in [0.2, 0.25) is 0 Å². The minimum absolute atomic E-state index is 0.0352. The molecule has 1 saturated heterocycles. The van der Waals surface area contributed by atoms with Crippen LogP contribution < -0.4 is 5.32 Å². The van der Waals surface area contributed by atoms with E-state index in [0.717, 1.165) is 17.5 Å². The van der Waals surface area contributed by atoms with Gasteiger partial charge in [-0.25, -0.2) is 0 Å². The second kappa shape index (κ2) is 6.90. The number of amides is 2. The zero-order valence-corrected chi connectivity index (χ0v) is 15.5. The molecular formula is C20H27N3O2. The van der Waals surface area contributed by atoms with E-state index < -0.39 is 0 Å². The molecule has 2 aromatic rings. The number of aromatic nitrogens is 1. The number of rotatable bonds is 4. The lowest BCUT2D eigenvalue weighted by atomic mass is 9.97. The van der Waals surface area contributed by atoms with Crippen LogP contribution in [0.25, 0.3) is 10.9 Å². The molecule has 1 fully saturated rings. The fraction of sp³-hybridized carbons (Fsp3) is 0.500. The molecule has 5 heteroatoms. The highest BCUT2D eigenvalue weighted by molar-refractivity contribution is 5.89. The highest BCUT2D eigenvalue weighted by Gasteiger charge is 2.28. The van der Waals surface area contributed by atoms with E-state index in [0.29, 0.717) is 25.9 Å². The first kappa shape index (κ1) is 17.5. The predicted molar refractivity (Wildman–Crippen MR) is 99.4 cm³/mol. The number of nitrogens with zero attached hydrogens (tertiary/aromatic N) is 1. The van der Waals surface area contributed by atoms with Crippen molar-refractivity contribution in [3.8, 4) is 0 Å². The Morgan fingerprint density at radius 2 is 2.12 bits per heavy atom. The van der Waals surface area contributed by atoms with Gasteiger partial charge in [-0.05, 0) is 43.9 Å². The molecule has 1 aromatic carbocycles. The van der Waals surface area contributed by atoms with Crippen LogP contribution >= 0.6 is 0 Å². The Balaban J connectivity index is 1.77. The number of aromatic amines is 1. The molecule has 134 valence electrons. The predicted octanol–water partition coefficient (Wildman–Crippen LogP) is 2.83. The van der Waals surface area contributed by atoms with Gasteiger partial charge in [0.05, 0.1) is 11.4 Å². The Morgan fingerprint density at radius 3 is 2.80 bits per heavy atom. The molecule has 0 aliphatic carbocycles. The maximum Gasteiger partial charge on any atom is 0.225 e. The third-order valence-corrected chi connectivity index (χ3v) is 5.30. The number of nitrogens with one attached hydrogen (secondary N) is 2. The molecule has 0 radical (unpaired) electrons. The van der Waals surface area contributed by atoms with Gasteiger partial charge < -0.3 is 15.2 Å². The molecule has 0 unspecified atom stereocenters. The Hall–Kier alpha value is -2.30. The molecule has 0 bridgehead atoms. The molecule has 5 nitrogen and oxygen atoms in total. The van der Waals surface area contributed by atoms with Crippen molar-refractivity contribution < 1.29 is 9.59 Å². The molecule has 1 atom stereocenters. The molecule has 0 saturated carbocycles. The van der Waals surface area contributed by atoms with E-state index in [1.165, 1.54) is 22.2 Å². The summed E-state index contributed by atoms with van der Waals surface area (Å²) in [6.07, 6.45) is 2.06. The van der Waals surface area contributed by atoms with Crippen LogP contribution in [0.15, 0.2) is 12.1 Å². The summed E-state index contributed by atoms with van der Waals surface area (Å²) in [6, 6.07) is 4.34. The molecule has 25 heavy (non-hydrogen) atoms. The lowest BCUT2D eigenvalue weighted by molar-refractivity contribution is -0.136. The maximum atomic E-state index is 12.5. The van der Waals surface area contributed by atoms with Gasteiger partial charge in [0.25, 0.3) is 0 Å². The summed E-state index contributed by atoms with van der Waals surface area (Å²) in [4.78, 5) is 29.3. The number of aryl methyl sites for hydroxylation is 3. The van der Waals surface area contributed by atoms with Gasteiger partial charge in [0, 0.05) is 37.6 Å². The first-order valence-electron chi connectivity index (χ1n) is 9.03. The van der Waals surface area contributed by atoms with Gasteiger partial charge in [-0.3, -0.25) is 9.59 Å². The Labute approximate surface area is 148 Å². The van der Waals surface area contributed by atoms with Crippen LogP contribution in [0.5, 0.6) is 0 Å². The highest BCUT2D eigenvalue weighted by atomic mass is 16.2. The van der Waals surface area contributed by atoms with E-state index in [4.69, 9.17) is 0 Å². The molecule has 2 N–H and O–H groups in total. The highest BCUT2D eigenvalue weighted by Crippen LogP contribution is 2.27. The lowest BCUT2D eigenvalue weighted by Crippen LogP contribution is -2.43. The largest absolute Gasteiger partial charge is 0.358 e. The second-order valence-electron chi connectivity index (χ2n) is 7.16. The summed E-state index contributed by atoms with van der Waals surface area (Å²) in [5, 5.41) is 4.31. The summed E-state index contributed by atoms with van der Waals surface area (Å²) in [5.74, 6) is 0.0472. The first-order chi connectivity index (χ1) is 11.9. The van der Waals surface area contributed by atoms with Crippen molar-refractivity contribution in [2.45, 2.75) is 46.6 Å².